The molecule has 1 fully saturated rings. The van der Waals surface area contributed by atoms with Gasteiger partial charge in [0.2, 0.25) is 0 Å². The fourth-order valence-corrected chi connectivity index (χ4v) is 2.18. The largest absolute Gasteiger partial charge is 0.493 e. The number of nitrogens with zero attached hydrogens (tertiary/aromatic N) is 1. The fourth-order valence-electron chi connectivity index (χ4n) is 1.82. The second kappa shape index (κ2) is 6.24. The number of nitrogens with one attached hydrogen (secondary N) is 1. The molecule has 2 rings (SSSR count). The number of amides is 2. The Morgan fingerprint density at radius 3 is 2.81 bits per heavy atom. The maximum absolute atomic E-state index is 12.1. The second-order valence-electron chi connectivity index (χ2n) is 4.30. The molecule has 0 bridgehead atoms. The molecule has 0 atom stereocenters. The molecule has 0 unspecified atom stereocenters. The Hall–Kier alpha value is -1.92. The highest BCUT2D eigenvalue weighted by Crippen LogP contribution is 2.26. The van der Waals surface area contributed by atoms with E-state index in [0.717, 1.165) is 0 Å². The van der Waals surface area contributed by atoms with E-state index in [4.69, 9.17) is 28.6 Å². The average Bonchev–Trinajstić information content (AvgIpc) is 2.44. The Balaban J connectivity index is 2.47. The lowest BCUT2D eigenvalue weighted by atomic mass is 10.1. The van der Waals surface area contributed by atoms with Crippen LogP contribution in [0, 0.1) is 0 Å². The molecule has 110 valence electrons. The van der Waals surface area contributed by atoms with Crippen molar-refractivity contribution in [3.63, 3.8) is 0 Å². The van der Waals surface area contributed by atoms with Crippen molar-refractivity contribution in [2.24, 2.45) is 0 Å². The van der Waals surface area contributed by atoms with Crippen molar-refractivity contribution in [1.82, 2.24) is 10.2 Å². The van der Waals surface area contributed by atoms with E-state index in [1.54, 1.807) is 18.2 Å². The van der Waals surface area contributed by atoms with Crippen molar-refractivity contribution in [1.29, 1.82) is 0 Å². The van der Waals surface area contributed by atoms with Crippen LogP contribution >= 0.6 is 23.8 Å². The molecule has 7 heteroatoms. The SMILES string of the molecule is CCOc1ccc(Cl)cc1/C=C1\C(=O)NC(=S)N(C)C1=O. The maximum Gasteiger partial charge on any atom is 0.265 e. The van der Waals surface area contributed by atoms with Gasteiger partial charge in [0.1, 0.15) is 11.3 Å². The minimum absolute atomic E-state index is 0.0191. The van der Waals surface area contributed by atoms with Crippen LogP contribution in [-0.4, -0.2) is 35.5 Å². The molecule has 0 spiro atoms. The van der Waals surface area contributed by atoms with Gasteiger partial charge in [-0.2, -0.15) is 0 Å². The highest BCUT2D eigenvalue weighted by atomic mass is 35.5. The highest BCUT2D eigenvalue weighted by molar-refractivity contribution is 7.80. The zero-order chi connectivity index (χ0) is 15.6. The maximum atomic E-state index is 12.1. The molecule has 0 radical (unpaired) electrons. The van der Waals surface area contributed by atoms with E-state index < -0.39 is 11.8 Å². The Kier molecular flexibility index (Phi) is 4.59. The van der Waals surface area contributed by atoms with Gasteiger partial charge in [-0.25, -0.2) is 0 Å². The minimum Gasteiger partial charge on any atom is -0.493 e. The Morgan fingerprint density at radius 1 is 1.43 bits per heavy atom. The van der Waals surface area contributed by atoms with Crippen LogP contribution < -0.4 is 10.1 Å². The van der Waals surface area contributed by atoms with Crippen LogP contribution in [0.25, 0.3) is 6.08 Å². The third kappa shape index (κ3) is 3.22. The molecule has 1 N–H and O–H groups in total. The number of halogens is 1. The number of rotatable bonds is 3. The number of benzene rings is 1. The Morgan fingerprint density at radius 2 is 2.14 bits per heavy atom. The standard InChI is InChI=1S/C14H13ClN2O3S/c1-3-20-11-5-4-9(15)6-8(11)7-10-12(18)16-14(21)17(2)13(10)19/h4-7H,3H2,1-2H3,(H,16,18,21)/b10-7+. The number of carbonyl (C=O) groups excluding carboxylic acids is 2. The topological polar surface area (TPSA) is 58.6 Å². The summed E-state index contributed by atoms with van der Waals surface area (Å²) >= 11 is 10.8. The second-order valence-corrected chi connectivity index (χ2v) is 5.12. The predicted molar refractivity (Wildman–Crippen MR) is 84.1 cm³/mol. The lowest BCUT2D eigenvalue weighted by Gasteiger charge is -2.25. The highest BCUT2D eigenvalue weighted by Gasteiger charge is 2.30. The lowest BCUT2D eigenvalue weighted by Crippen LogP contribution is -2.52. The summed E-state index contributed by atoms with van der Waals surface area (Å²) in [7, 11) is 1.50. The predicted octanol–water partition coefficient (Wildman–Crippen LogP) is 2.00. The van der Waals surface area contributed by atoms with Gasteiger partial charge in [0.05, 0.1) is 6.61 Å². The van der Waals surface area contributed by atoms with E-state index in [0.29, 0.717) is 22.9 Å². The molecule has 1 aliphatic heterocycles. The van der Waals surface area contributed by atoms with Gasteiger partial charge in [0.25, 0.3) is 11.8 Å². The van der Waals surface area contributed by atoms with Crippen molar-refractivity contribution in [3.8, 4) is 5.75 Å². The summed E-state index contributed by atoms with van der Waals surface area (Å²) in [6, 6.07) is 5.00. The molecular weight excluding hydrogens is 312 g/mol. The summed E-state index contributed by atoms with van der Waals surface area (Å²) in [6.07, 6.45) is 1.45. The van der Waals surface area contributed by atoms with E-state index in [1.807, 2.05) is 6.92 Å². The van der Waals surface area contributed by atoms with E-state index in [9.17, 15) is 9.59 Å². The number of hydrogen-bond donors (Lipinski definition) is 1. The average molecular weight is 325 g/mol. The Labute approximate surface area is 132 Å². The first-order chi connectivity index (χ1) is 9.93. The van der Waals surface area contributed by atoms with Crippen molar-refractivity contribution < 1.29 is 14.3 Å². The lowest BCUT2D eigenvalue weighted by molar-refractivity contribution is -0.128. The van der Waals surface area contributed by atoms with Crippen LogP contribution in [0.1, 0.15) is 12.5 Å². The number of thiocarbonyl (C=S) groups is 1. The van der Waals surface area contributed by atoms with Crippen LogP contribution in [0.5, 0.6) is 5.75 Å². The van der Waals surface area contributed by atoms with Crippen LogP contribution in [-0.2, 0) is 9.59 Å². The molecule has 21 heavy (non-hydrogen) atoms. The third-order valence-electron chi connectivity index (χ3n) is 2.88. The molecule has 1 aromatic rings. The van der Waals surface area contributed by atoms with Gasteiger partial charge in [-0.1, -0.05) is 11.6 Å². The zero-order valence-corrected chi connectivity index (χ0v) is 13.0. The van der Waals surface area contributed by atoms with E-state index >= 15 is 0 Å². The van der Waals surface area contributed by atoms with Gasteiger partial charge in [-0.05, 0) is 43.4 Å². The monoisotopic (exact) mass is 324 g/mol. The first-order valence-electron chi connectivity index (χ1n) is 6.21. The molecule has 5 nitrogen and oxygen atoms in total. The van der Waals surface area contributed by atoms with Gasteiger partial charge in [0, 0.05) is 17.6 Å². The third-order valence-corrected chi connectivity index (χ3v) is 3.49. The molecule has 2 amide bonds. The minimum atomic E-state index is -0.537. The number of likely N-dealkylation sites (N-methyl/N-ethyl adjacent to an activating group) is 1. The number of ether oxygens (including phenoxy) is 1. The van der Waals surface area contributed by atoms with Gasteiger partial charge >= 0.3 is 0 Å². The summed E-state index contributed by atoms with van der Waals surface area (Å²) in [6.45, 7) is 2.30. The molecule has 1 saturated heterocycles. The first-order valence-corrected chi connectivity index (χ1v) is 7.00. The zero-order valence-electron chi connectivity index (χ0n) is 11.5. The summed E-state index contributed by atoms with van der Waals surface area (Å²) < 4.78 is 5.47. The first kappa shape index (κ1) is 15.5. The van der Waals surface area contributed by atoms with Gasteiger partial charge in [-0.15, -0.1) is 0 Å². The molecule has 1 heterocycles. The van der Waals surface area contributed by atoms with Crippen molar-refractivity contribution >= 4 is 46.8 Å². The Bertz CT molecular complexity index is 658. The van der Waals surface area contributed by atoms with Gasteiger partial charge in [-0.3, -0.25) is 19.8 Å². The summed E-state index contributed by atoms with van der Waals surface area (Å²) in [5, 5.41) is 3.02. The quantitative estimate of drug-likeness (QED) is 0.525. The van der Waals surface area contributed by atoms with E-state index in [1.165, 1.54) is 18.0 Å². The molecular formula is C14H13ClN2O3S. The van der Waals surface area contributed by atoms with Crippen LogP contribution in [0.4, 0.5) is 0 Å². The van der Waals surface area contributed by atoms with Crippen molar-refractivity contribution in [3.05, 3.63) is 34.4 Å². The fraction of sp³-hybridized carbons (Fsp3) is 0.214. The summed E-state index contributed by atoms with van der Waals surface area (Å²) in [5.74, 6) is -0.456. The van der Waals surface area contributed by atoms with Crippen molar-refractivity contribution in [2.45, 2.75) is 6.92 Å². The smallest absolute Gasteiger partial charge is 0.265 e. The molecule has 0 aliphatic carbocycles. The van der Waals surface area contributed by atoms with Crippen LogP contribution in [0.2, 0.25) is 5.02 Å². The normalized spacial score (nSPS) is 17.2. The van der Waals surface area contributed by atoms with E-state index in [-0.39, 0.29) is 10.7 Å². The van der Waals surface area contributed by atoms with Crippen LogP contribution in [0.15, 0.2) is 23.8 Å². The molecule has 0 saturated carbocycles. The van der Waals surface area contributed by atoms with E-state index in [2.05, 4.69) is 5.32 Å². The molecule has 1 aliphatic rings. The molecule has 1 aromatic carbocycles. The number of carbonyl (C=O) groups is 2. The summed E-state index contributed by atoms with van der Waals surface area (Å²) in [4.78, 5) is 25.3. The van der Waals surface area contributed by atoms with Crippen LogP contribution in [0.3, 0.4) is 0 Å². The summed E-state index contributed by atoms with van der Waals surface area (Å²) in [5.41, 5.74) is 0.540. The molecule has 0 aromatic heterocycles. The number of hydrogen-bond acceptors (Lipinski definition) is 4. The van der Waals surface area contributed by atoms with Gasteiger partial charge < -0.3 is 4.74 Å². The van der Waals surface area contributed by atoms with Gasteiger partial charge in [0.15, 0.2) is 5.11 Å². The van der Waals surface area contributed by atoms with Crippen molar-refractivity contribution in [2.75, 3.05) is 13.7 Å².